The van der Waals surface area contributed by atoms with Gasteiger partial charge in [-0.1, -0.05) is 50.2 Å². The second-order valence-corrected chi connectivity index (χ2v) is 6.82. The van der Waals surface area contributed by atoms with E-state index in [9.17, 15) is 5.11 Å². The van der Waals surface area contributed by atoms with E-state index in [-0.39, 0.29) is 5.41 Å². The molecule has 0 aliphatic rings. The predicted octanol–water partition coefficient (Wildman–Crippen LogP) is 3.41. The number of aryl methyl sites for hydroxylation is 2. The Kier molecular flexibility index (Phi) is 5.04. The summed E-state index contributed by atoms with van der Waals surface area (Å²) in [5.74, 6) is 0.828. The highest BCUT2D eigenvalue weighted by molar-refractivity contribution is 5.28. The molecule has 2 aromatic rings. The Labute approximate surface area is 132 Å². The first kappa shape index (κ1) is 16.7. The van der Waals surface area contributed by atoms with Gasteiger partial charge in [-0.25, -0.2) is 0 Å². The maximum absolute atomic E-state index is 10.3. The third-order valence-electron chi connectivity index (χ3n) is 3.98. The second kappa shape index (κ2) is 6.63. The third kappa shape index (κ3) is 3.96. The Balaban J connectivity index is 1.91. The molecule has 0 bridgehead atoms. The summed E-state index contributed by atoms with van der Waals surface area (Å²) in [6.45, 7) is 11.5. The number of hydrogen-bond donors (Lipinski definition) is 2. The van der Waals surface area contributed by atoms with Crippen molar-refractivity contribution in [1.29, 1.82) is 0 Å². The Hall–Kier alpha value is -1.65. The SMILES string of the molecule is Cc1noc(C)c1CNCC(O)c1ccc(C(C)(C)C)cc1. The van der Waals surface area contributed by atoms with E-state index in [1.165, 1.54) is 5.56 Å². The zero-order chi connectivity index (χ0) is 16.3. The van der Waals surface area contributed by atoms with Gasteiger partial charge in [0.25, 0.3) is 0 Å². The maximum Gasteiger partial charge on any atom is 0.138 e. The maximum atomic E-state index is 10.3. The molecule has 0 saturated carbocycles. The lowest BCUT2D eigenvalue weighted by molar-refractivity contribution is 0.174. The van der Waals surface area contributed by atoms with Crippen molar-refractivity contribution in [3.8, 4) is 0 Å². The van der Waals surface area contributed by atoms with Crippen LogP contribution in [0.2, 0.25) is 0 Å². The van der Waals surface area contributed by atoms with Gasteiger partial charge in [0, 0.05) is 18.7 Å². The van der Waals surface area contributed by atoms with Gasteiger partial charge in [0.15, 0.2) is 0 Å². The van der Waals surface area contributed by atoms with Gasteiger partial charge in [-0.3, -0.25) is 0 Å². The van der Waals surface area contributed by atoms with Crippen LogP contribution in [0, 0.1) is 13.8 Å². The number of hydrogen-bond acceptors (Lipinski definition) is 4. The largest absolute Gasteiger partial charge is 0.387 e. The van der Waals surface area contributed by atoms with Crippen LogP contribution >= 0.6 is 0 Å². The summed E-state index contributed by atoms with van der Waals surface area (Å²) < 4.78 is 5.13. The molecule has 0 spiro atoms. The molecule has 4 heteroatoms. The minimum Gasteiger partial charge on any atom is -0.387 e. The van der Waals surface area contributed by atoms with Crippen molar-refractivity contribution in [2.75, 3.05) is 6.54 Å². The van der Waals surface area contributed by atoms with Crippen molar-refractivity contribution in [1.82, 2.24) is 10.5 Å². The summed E-state index contributed by atoms with van der Waals surface area (Å²) in [6, 6.07) is 8.19. The van der Waals surface area contributed by atoms with Crippen molar-refractivity contribution >= 4 is 0 Å². The number of aromatic nitrogens is 1. The van der Waals surface area contributed by atoms with Gasteiger partial charge >= 0.3 is 0 Å². The molecule has 4 nitrogen and oxygen atoms in total. The number of benzene rings is 1. The number of aliphatic hydroxyl groups is 1. The van der Waals surface area contributed by atoms with E-state index < -0.39 is 6.10 Å². The highest BCUT2D eigenvalue weighted by atomic mass is 16.5. The van der Waals surface area contributed by atoms with Crippen molar-refractivity contribution in [2.24, 2.45) is 0 Å². The first-order valence-corrected chi connectivity index (χ1v) is 7.70. The van der Waals surface area contributed by atoms with Crippen LogP contribution in [0.5, 0.6) is 0 Å². The molecule has 2 rings (SSSR count). The van der Waals surface area contributed by atoms with Crippen molar-refractivity contribution in [2.45, 2.75) is 52.7 Å². The summed E-state index contributed by atoms with van der Waals surface area (Å²) >= 11 is 0. The first-order chi connectivity index (χ1) is 10.3. The Bertz CT molecular complexity index is 590. The van der Waals surface area contributed by atoms with Gasteiger partial charge in [-0.15, -0.1) is 0 Å². The fourth-order valence-corrected chi connectivity index (χ4v) is 2.41. The van der Waals surface area contributed by atoms with Gasteiger partial charge in [-0.05, 0) is 30.4 Å². The molecule has 1 heterocycles. The van der Waals surface area contributed by atoms with Gasteiger partial charge in [0.2, 0.25) is 0 Å². The number of nitrogens with one attached hydrogen (secondary N) is 1. The molecule has 1 aromatic heterocycles. The monoisotopic (exact) mass is 302 g/mol. The van der Waals surface area contributed by atoms with Crippen LogP contribution in [0.3, 0.4) is 0 Å². The van der Waals surface area contributed by atoms with E-state index in [2.05, 4.69) is 43.4 Å². The highest BCUT2D eigenvalue weighted by Crippen LogP contribution is 2.23. The van der Waals surface area contributed by atoms with Crippen molar-refractivity contribution < 1.29 is 9.63 Å². The summed E-state index contributed by atoms with van der Waals surface area (Å²) in [6.07, 6.45) is -0.519. The van der Waals surface area contributed by atoms with Gasteiger partial charge in [0.1, 0.15) is 5.76 Å². The highest BCUT2D eigenvalue weighted by Gasteiger charge is 2.15. The van der Waals surface area contributed by atoms with Crippen LogP contribution in [0.25, 0.3) is 0 Å². The van der Waals surface area contributed by atoms with Gasteiger partial charge < -0.3 is 14.9 Å². The zero-order valence-corrected chi connectivity index (χ0v) is 14.1. The molecule has 1 unspecified atom stereocenters. The third-order valence-corrected chi connectivity index (χ3v) is 3.98. The standard InChI is InChI=1S/C18H26N2O2/c1-12-16(13(2)22-20-12)10-19-11-17(21)14-6-8-15(9-7-14)18(3,4)5/h6-9,17,19,21H,10-11H2,1-5H3. The molecule has 1 atom stereocenters. The van der Waals surface area contributed by atoms with E-state index in [1.54, 1.807) is 0 Å². The molecule has 1 aromatic carbocycles. The van der Waals surface area contributed by atoms with Crippen LogP contribution in [0.4, 0.5) is 0 Å². The molecule has 120 valence electrons. The van der Waals surface area contributed by atoms with E-state index in [1.807, 2.05) is 26.0 Å². The second-order valence-electron chi connectivity index (χ2n) is 6.82. The molecular weight excluding hydrogens is 276 g/mol. The number of nitrogens with zero attached hydrogens (tertiary/aromatic N) is 1. The summed E-state index contributed by atoms with van der Waals surface area (Å²) in [5, 5.41) is 17.5. The average molecular weight is 302 g/mol. The molecule has 0 saturated heterocycles. The van der Waals surface area contributed by atoms with Gasteiger partial charge in [-0.2, -0.15) is 0 Å². The molecule has 0 aliphatic carbocycles. The Morgan fingerprint density at radius 3 is 2.32 bits per heavy atom. The first-order valence-electron chi connectivity index (χ1n) is 7.70. The summed E-state index contributed by atoms with van der Waals surface area (Å²) in [5.41, 5.74) is 4.29. The quantitative estimate of drug-likeness (QED) is 0.888. The van der Waals surface area contributed by atoms with E-state index >= 15 is 0 Å². The van der Waals surface area contributed by atoms with Crippen molar-refractivity contribution in [3.05, 3.63) is 52.4 Å². The van der Waals surface area contributed by atoms with Crippen LogP contribution < -0.4 is 5.32 Å². The fourth-order valence-electron chi connectivity index (χ4n) is 2.41. The molecule has 0 amide bonds. The minimum absolute atomic E-state index is 0.130. The molecule has 22 heavy (non-hydrogen) atoms. The summed E-state index contributed by atoms with van der Waals surface area (Å²) in [7, 11) is 0. The molecule has 0 aliphatic heterocycles. The van der Waals surface area contributed by atoms with Crippen molar-refractivity contribution in [3.63, 3.8) is 0 Å². The van der Waals surface area contributed by atoms with Crippen LogP contribution in [-0.4, -0.2) is 16.8 Å². The van der Waals surface area contributed by atoms with E-state index in [0.717, 1.165) is 22.6 Å². The molecule has 0 radical (unpaired) electrons. The van der Waals surface area contributed by atoms with Gasteiger partial charge in [0.05, 0.1) is 11.8 Å². The van der Waals surface area contributed by atoms with E-state index in [4.69, 9.17) is 4.52 Å². The molecule has 0 fully saturated rings. The summed E-state index contributed by atoms with van der Waals surface area (Å²) in [4.78, 5) is 0. The Morgan fingerprint density at radius 2 is 1.82 bits per heavy atom. The Morgan fingerprint density at radius 1 is 1.18 bits per heavy atom. The minimum atomic E-state index is -0.519. The topological polar surface area (TPSA) is 58.3 Å². The zero-order valence-electron chi connectivity index (χ0n) is 14.1. The molecule has 2 N–H and O–H groups in total. The van der Waals surface area contributed by atoms with Crippen LogP contribution in [0.15, 0.2) is 28.8 Å². The normalized spacial score (nSPS) is 13.4. The smallest absolute Gasteiger partial charge is 0.138 e. The van der Waals surface area contributed by atoms with Crippen LogP contribution in [-0.2, 0) is 12.0 Å². The predicted molar refractivity (Wildman–Crippen MR) is 87.8 cm³/mol. The average Bonchev–Trinajstić information content (AvgIpc) is 2.78. The number of aliphatic hydroxyl groups excluding tert-OH is 1. The lowest BCUT2D eigenvalue weighted by Gasteiger charge is -2.20. The fraction of sp³-hybridized carbons (Fsp3) is 0.500. The van der Waals surface area contributed by atoms with E-state index in [0.29, 0.717) is 13.1 Å². The number of rotatable bonds is 5. The molecular formula is C18H26N2O2. The van der Waals surface area contributed by atoms with Crippen LogP contribution in [0.1, 0.15) is 55.0 Å². The lowest BCUT2D eigenvalue weighted by Crippen LogP contribution is -2.21. The lowest BCUT2D eigenvalue weighted by atomic mass is 9.86.